The minimum atomic E-state index is -0.588. The van der Waals surface area contributed by atoms with Gasteiger partial charge in [0.1, 0.15) is 5.75 Å². The molecule has 94 valence electrons. The fourth-order valence-electron chi connectivity index (χ4n) is 1.90. The Morgan fingerprint density at radius 3 is 3.11 bits per heavy atom. The average molecular weight is 246 g/mol. The van der Waals surface area contributed by atoms with Gasteiger partial charge in [-0.25, -0.2) is 0 Å². The monoisotopic (exact) mass is 246 g/mol. The molecule has 1 saturated heterocycles. The quantitative estimate of drug-likeness (QED) is 0.804. The van der Waals surface area contributed by atoms with Crippen LogP contribution in [0.25, 0.3) is 0 Å². The first kappa shape index (κ1) is 12.4. The molecule has 1 amide bonds. The molecule has 18 heavy (non-hydrogen) atoms. The summed E-state index contributed by atoms with van der Waals surface area (Å²) in [4.78, 5) is 13.8. The third-order valence-corrected chi connectivity index (χ3v) is 2.88. The first-order chi connectivity index (χ1) is 8.61. The van der Waals surface area contributed by atoms with E-state index in [1.54, 1.807) is 12.1 Å². The molecule has 1 N–H and O–H groups in total. The van der Waals surface area contributed by atoms with Gasteiger partial charge in [-0.05, 0) is 19.1 Å². The van der Waals surface area contributed by atoms with Crippen molar-refractivity contribution in [2.24, 2.45) is 0 Å². The zero-order valence-electron chi connectivity index (χ0n) is 10.1. The molecule has 1 heterocycles. The number of phenolic OH excluding ortho intramolecular Hbond substituents is 1. The Kier molecular flexibility index (Phi) is 3.49. The first-order valence-corrected chi connectivity index (χ1v) is 5.72. The number of aromatic hydroxyl groups is 1. The number of hydrogen-bond donors (Lipinski definition) is 1. The Labute approximate surface area is 105 Å². The number of aryl methyl sites for hydroxylation is 1. The number of benzene rings is 1. The van der Waals surface area contributed by atoms with Crippen LogP contribution in [-0.4, -0.2) is 41.7 Å². The second kappa shape index (κ2) is 5.07. The van der Waals surface area contributed by atoms with Gasteiger partial charge in [0.25, 0.3) is 5.91 Å². The van der Waals surface area contributed by atoms with E-state index in [0.717, 1.165) is 5.56 Å². The van der Waals surface area contributed by atoms with Gasteiger partial charge in [-0.3, -0.25) is 4.79 Å². The van der Waals surface area contributed by atoms with Crippen LogP contribution in [0.4, 0.5) is 0 Å². The van der Waals surface area contributed by atoms with Gasteiger partial charge in [0.2, 0.25) is 0 Å². The van der Waals surface area contributed by atoms with Crippen LogP contribution in [0.1, 0.15) is 15.9 Å². The molecule has 0 spiro atoms. The van der Waals surface area contributed by atoms with Gasteiger partial charge in [0, 0.05) is 6.54 Å². The van der Waals surface area contributed by atoms with Gasteiger partial charge in [-0.1, -0.05) is 11.6 Å². The van der Waals surface area contributed by atoms with E-state index in [0.29, 0.717) is 13.2 Å². The molecule has 1 aromatic carbocycles. The summed E-state index contributed by atoms with van der Waals surface area (Å²) in [6.07, 6.45) is -0.588. The van der Waals surface area contributed by atoms with Crippen LogP contribution in [-0.2, 0) is 4.74 Å². The molecular weight excluding hydrogens is 232 g/mol. The van der Waals surface area contributed by atoms with Crippen molar-refractivity contribution in [1.29, 1.82) is 5.26 Å². The van der Waals surface area contributed by atoms with Crippen LogP contribution in [0.5, 0.6) is 5.75 Å². The molecule has 1 aliphatic heterocycles. The highest BCUT2D eigenvalue weighted by Crippen LogP contribution is 2.21. The van der Waals surface area contributed by atoms with Crippen LogP contribution in [0.2, 0.25) is 0 Å². The van der Waals surface area contributed by atoms with Crippen molar-refractivity contribution in [3.05, 3.63) is 29.3 Å². The number of rotatable bonds is 1. The average Bonchev–Trinajstić information content (AvgIpc) is 2.41. The van der Waals surface area contributed by atoms with Crippen molar-refractivity contribution >= 4 is 5.91 Å². The van der Waals surface area contributed by atoms with Crippen LogP contribution < -0.4 is 0 Å². The Morgan fingerprint density at radius 1 is 1.61 bits per heavy atom. The van der Waals surface area contributed by atoms with E-state index in [1.165, 1.54) is 11.0 Å². The fourth-order valence-corrected chi connectivity index (χ4v) is 1.90. The summed E-state index contributed by atoms with van der Waals surface area (Å²) in [5.74, 6) is -0.301. The molecule has 0 aliphatic carbocycles. The van der Waals surface area contributed by atoms with Gasteiger partial charge < -0.3 is 14.7 Å². The van der Waals surface area contributed by atoms with Crippen LogP contribution in [0.3, 0.4) is 0 Å². The summed E-state index contributed by atoms with van der Waals surface area (Å²) < 4.78 is 5.18. The van der Waals surface area contributed by atoms with E-state index in [1.807, 2.05) is 13.0 Å². The Morgan fingerprint density at radius 2 is 2.39 bits per heavy atom. The predicted octanol–water partition coefficient (Wildman–Crippen LogP) is 1.07. The second-order valence-electron chi connectivity index (χ2n) is 4.26. The smallest absolute Gasteiger partial charge is 0.257 e. The maximum atomic E-state index is 12.2. The lowest BCUT2D eigenvalue weighted by atomic mass is 10.1. The summed E-state index contributed by atoms with van der Waals surface area (Å²) in [7, 11) is 0. The number of ether oxygens (including phenoxy) is 1. The van der Waals surface area contributed by atoms with Gasteiger partial charge >= 0.3 is 0 Å². The van der Waals surface area contributed by atoms with Crippen molar-refractivity contribution in [2.45, 2.75) is 13.0 Å². The lowest BCUT2D eigenvalue weighted by molar-refractivity contribution is 0.00334. The number of hydrogen-bond acceptors (Lipinski definition) is 4. The molecule has 0 aromatic heterocycles. The molecule has 5 nitrogen and oxygen atoms in total. The highest BCUT2D eigenvalue weighted by atomic mass is 16.5. The molecule has 1 unspecified atom stereocenters. The molecule has 1 aliphatic rings. The Balaban J connectivity index is 2.21. The topological polar surface area (TPSA) is 73.6 Å². The number of carbonyl (C=O) groups is 1. The lowest BCUT2D eigenvalue weighted by Crippen LogP contribution is -2.45. The number of nitrogens with zero attached hydrogens (tertiary/aromatic N) is 2. The summed E-state index contributed by atoms with van der Waals surface area (Å²) in [6.45, 7) is 2.87. The van der Waals surface area contributed by atoms with Crippen molar-refractivity contribution < 1.29 is 14.6 Å². The molecule has 0 saturated carbocycles. The standard InChI is InChI=1S/C13H14N2O3/c1-9-2-3-12(16)11(6-9)13(17)15-4-5-18-10(7-14)8-15/h2-3,6,10,16H,4-5,8H2,1H3. The normalized spacial score (nSPS) is 19.3. The molecule has 1 atom stereocenters. The van der Waals surface area contributed by atoms with Crippen molar-refractivity contribution in [3.8, 4) is 11.8 Å². The largest absolute Gasteiger partial charge is 0.507 e. The summed E-state index contributed by atoms with van der Waals surface area (Å²) in [5, 5.41) is 18.5. The first-order valence-electron chi connectivity index (χ1n) is 5.72. The number of morpholine rings is 1. The van der Waals surface area contributed by atoms with Gasteiger partial charge in [0.05, 0.1) is 24.8 Å². The number of carbonyl (C=O) groups excluding carboxylic acids is 1. The summed E-state index contributed by atoms with van der Waals surface area (Å²) >= 11 is 0. The molecule has 5 heteroatoms. The molecule has 0 bridgehead atoms. The van der Waals surface area contributed by atoms with E-state index in [-0.39, 0.29) is 23.8 Å². The molecule has 2 rings (SSSR count). The van der Waals surface area contributed by atoms with E-state index < -0.39 is 6.10 Å². The van der Waals surface area contributed by atoms with Crippen LogP contribution >= 0.6 is 0 Å². The SMILES string of the molecule is Cc1ccc(O)c(C(=O)N2CCOC(C#N)C2)c1. The van der Waals surface area contributed by atoms with Gasteiger partial charge in [0.15, 0.2) is 6.10 Å². The third-order valence-electron chi connectivity index (χ3n) is 2.88. The highest BCUT2D eigenvalue weighted by molar-refractivity contribution is 5.97. The summed E-state index contributed by atoms with van der Waals surface area (Å²) in [6, 6.07) is 6.88. The lowest BCUT2D eigenvalue weighted by Gasteiger charge is -2.30. The Hall–Kier alpha value is -2.06. The Bertz CT molecular complexity index is 507. The predicted molar refractivity (Wildman–Crippen MR) is 64.1 cm³/mol. The molecular formula is C13H14N2O3. The molecule has 1 fully saturated rings. The van der Waals surface area contributed by atoms with E-state index >= 15 is 0 Å². The van der Waals surface area contributed by atoms with E-state index in [2.05, 4.69) is 0 Å². The van der Waals surface area contributed by atoms with Crippen LogP contribution in [0.15, 0.2) is 18.2 Å². The van der Waals surface area contributed by atoms with Crippen molar-refractivity contribution in [1.82, 2.24) is 4.90 Å². The number of amides is 1. The maximum absolute atomic E-state index is 12.2. The number of phenols is 1. The second-order valence-corrected chi connectivity index (χ2v) is 4.26. The molecule has 0 radical (unpaired) electrons. The molecule has 1 aromatic rings. The highest BCUT2D eigenvalue weighted by Gasteiger charge is 2.26. The third kappa shape index (κ3) is 2.44. The van der Waals surface area contributed by atoms with Crippen molar-refractivity contribution in [3.63, 3.8) is 0 Å². The maximum Gasteiger partial charge on any atom is 0.257 e. The van der Waals surface area contributed by atoms with E-state index in [4.69, 9.17) is 10.00 Å². The van der Waals surface area contributed by atoms with Crippen LogP contribution in [0, 0.1) is 18.3 Å². The van der Waals surface area contributed by atoms with Gasteiger partial charge in [-0.2, -0.15) is 5.26 Å². The summed E-state index contributed by atoms with van der Waals surface area (Å²) in [5.41, 5.74) is 1.18. The zero-order valence-corrected chi connectivity index (χ0v) is 10.1. The zero-order chi connectivity index (χ0) is 13.1. The minimum Gasteiger partial charge on any atom is -0.507 e. The number of nitriles is 1. The van der Waals surface area contributed by atoms with Crippen molar-refractivity contribution in [2.75, 3.05) is 19.7 Å². The van der Waals surface area contributed by atoms with Gasteiger partial charge in [-0.15, -0.1) is 0 Å². The van der Waals surface area contributed by atoms with E-state index in [9.17, 15) is 9.90 Å². The minimum absolute atomic E-state index is 0.0365. The fraction of sp³-hybridized carbons (Fsp3) is 0.385.